The molecule has 0 fully saturated rings. The molecule has 1 aromatic heterocycles. The molecule has 1 heterocycles. The summed E-state index contributed by atoms with van der Waals surface area (Å²) in [4.78, 5) is 4.42. The van der Waals surface area contributed by atoms with Crippen molar-refractivity contribution in [2.75, 3.05) is 19.5 Å². The lowest BCUT2D eigenvalue weighted by atomic mass is 10.3. The Morgan fingerprint density at radius 1 is 1.09 bits per heavy atom. The van der Waals surface area contributed by atoms with Gasteiger partial charge in [-0.15, -0.1) is 0 Å². The minimum atomic E-state index is 0.598. The monoisotopic (exact) mass is 298 g/mol. The fourth-order valence-corrected chi connectivity index (χ4v) is 2.21. The highest BCUT2D eigenvalue weighted by Gasteiger charge is 2.07. The van der Waals surface area contributed by atoms with Crippen molar-refractivity contribution in [2.24, 2.45) is 0 Å². The van der Waals surface area contributed by atoms with Gasteiger partial charge in [-0.05, 0) is 42.8 Å². The van der Waals surface area contributed by atoms with Crippen LogP contribution in [0.2, 0.25) is 0 Å². The summed E-state index contributed by atoms with van der Waals surface area (Å²) in [6, 6.07) is 13.1. The van der Waals surface area contributed by atoms with E-state index in [1.54, 1.807) is 7.11 Å². The highest BCUT2D eigenvalue weighted by atomic mass is 16.5. The zero-order valence-corrected chi connectivity index (χ0v) is 12.4. The van der Waals surface area contributed by atoms with Crippen LogP contribution in [0.1, 0.15) is 12.3 Å². The largest absolute Gasteiger partial charge is 0.497 e. The third kappa shape index (κ3) is 3.14. The molecule has 5 nitrogen and oxygen atoms in total. The number of rotatable bonds is 6. The van der Waals surface area contributed by atoms with Crippen molar-refractivity contribution in [3.05, 3.63) is 48.4 Å². The van der Waals surface area contributed by atoms with E-state index in [2.05, 4.69) is 4.98 Å². The van der Waals surface area contributed by atoms with Gasteiger partial charge in [-0.25, -0.2) is 4.98 Å². The van der Waals surface area contributed by atoms with Crippen molar-refractivity contribution in [1.29, 1.82) is 0 Å². The Bertz CT molecular complexity index is 750. The molecule has 114 valence electrons. The quantitative estimate of drug-likeness (QED) is 0.557. The summed E-state index contributed by atoms with van der Waals surface area (Å²) < 4.78 is 16.4. The van der Waals surface area contributed by atoms with Crippen LogP contribution in [0.15, 0.2) is 46.9 Å². The van der Waals surface area contributed by atoms with Gasteiger partial charge in [0.2, 0.25) is 0 Å². The SMILES string of the molecule is COc1ccc(OCCCc2nc3c(N)cccc3o2)cc1. The summed E-state index contributed by atoms with van der Waals surface area (Å²) >= 11 is 0. The third-order valence-electron chi connectivity index (χ3n) is 3.36. The number of benzene rings is 2. The van der Waals surface area contributed by atoms with Gasteiger partial charge >= 0.3 is 0 Å². The number of aromatic nitrogens is 1. The highest BCUT2D eigenvalue weighted by molar-refractivity contribution is 5.85. The fraction of sp³-hybridized carbons (Fsp3) is 0.235. The molecule has 0 unspecified atom stereocenters. The van der Waals surface area contributed by atoms with E-state index in [1.165, 1.54) is 0 Å². The van der Waals surface area contributed by atoms with Gasteiger partial charge in [0, 0.05) is 6.42 Å². The van der Waals surface area contributed by atoms with E-state index in [1.807, 2.05) is 42.5 Å². The van der Waals surface area contributed by atoms with Gasteiger partial charge in [-0.2, -0.15) is 0 Å². The molecule has 0 radical (unpaired) electrons. The first-order valence-electron chi connectivity index (χ1n) is 7.17. The average Bonchev–Trinajstić information content (AvgIpc) is 2.97. The van der Waals surface area contributed by atoms with E-state index < -0.39 is 0 Å². The van der Waals surface area contributed by atoms with E-state index in [-0.39, 0.29) is 0 Å². The second-order valence-electron chi connectivity index (χ2n) is 4.93. The summed E-state index contributed by atoms with van der Waals surface area (Å²) in [6.45, 7) is 0.598. The summed E-state index contributed by atoms with van der Waals surface area (Å²) in [5, 5.41) is 0. The van der Waals surface area contributed by atoms with E-state index in [4.69, 9.17) is 19.6 Å². The lowest BCUT2D eigenvalue weighted by molar-refractivity contribution is 0.305. The average molecular weight is 298 g/mol. The van der Waals surface area contributed by atoms with Crippen LogP contribution in [0.3, 0.4) is 0 Å². The van der Waals surface area contributed by atoms with Crippen LogP contribution in [0.5, 0.6) is 11.5 Å². The molecule has 0 saturated carbocycles. The van der Waals surface area contributed by atoms with Crippen LogP contribution in [0.4, 0.5) is 5.69 Å². The smallest absolute Gasteiger partial charge is 0.195 e. The second kappa shape index (κ2) is 6.39. The number of methoxy groups -OCH3 is 1. The summed E-state index contributed by atoms with van der Waals surface area (Å²) in [5.41, 5.74) is 7.97. The fourth-order valence-electron chi connectivity index (χ4n) is 2.21. The predicted molar refractivity (Wildman–Crippen MR) is 85.2 cm³/mol. The van der Waals surface area contributed by atoms with Crippen LogP contribution < -0.4 is 15.2 Å². The molecule has 0 amide bonds. The Balaban J connectivity index is 1.52. The predicted octanol–water partition coefficient (Wildman–Crippen LogP) is 3.43. The molecule has 2 N–H and O–H groups in total. The number of oxazole rings is 1. The summed E-state index contributed by atoms with van der Waals surface area (Å²) in [5.74, 6) is 2.32. The number of nitrogens with two attached hydrogens (primary N) is 1. The first-order chi connectivity index (χ1) is 10.8. The van der Waals surface area contributed by atoms with Gasteiger partial charge in [0.15, 0.2) is 11.5 Å². The maximum Gasteiger partial charge on any atom is 0.195 e. The molecule has 0 saturated heterocycles. The van der Waals surface area contributed by atoms with Gasteiger partial charge in [0.1, 0.15) is 17.0 Å². The molecule has 5 heteroatoms. The molecule has 2 aromatic carbocycles. The Morgan fingerprint density at radius 3 is 2.59 bits per heavy atom. The zero-order valence-electron chi connectivity index (χ0n) is 12.4. The minimum Gasteiger partial charge on any atom is -0.497 e. The van der Waals surface area contributed by atoms with Crippen LogP contribution in [0.25, 0.3) is 11.1 Å². The number of ether oxygens (including phenoxy) is 2. The van der Waals surface area contributed by atoms with Crippen molar-refractivity contribution in [3.63, 3.8) is 0 Å². The Labute approximate surface area is 128 Å². The number of hydrogen-bond donors (Lipinski definition) is 1. The van der Waals surface area contributed by atoms with Crippen LogP contribution >= 0.6 is 0 Å². The van der Waals surface area contributed by atoms with Crippen LogP contribution in [-0.2, 0) is 6.42 Å². The molecule has 0 atom stereocenters. The first-order valence-corrected chi connectivity index (χ1v) is 7.17. The number of para-hydroxylation sites is 1. The minimum absolute atomic E-state index is 0.598. The van der Waals surface area contributed by atoms with E-state index in [9.17, 15) is 0 Å². The van der Waals surface area contributed by atoms with Gasteiger partial charge in [-0.1, -0.05) is 6.07 Å². The standard InChI is InChI=1S/C17H18N2O3/c1-20-12-7-9-13(10-8-12)21-11-3-6-16-19-17-14(18)4-2-5-15(17)22-16/h2,4-5,7-10H,3,6,11,18H2,1H3. The van der Waals surface area contributed by atoms with Crippen LogP contribution in [-0.4, -0.2) is 18.7 Å². The number of aryl methyl sites for hydroxylation is 1. The molecule has 3 aromatic rings. The second-order valence-corrected chi connectivity index (χ2v) is 4.93. The number of nitrogens with zero attached hydrogens (tertiary/aromatic N) is 1. The third-order valence-corrected chi connectivity index (χ3v) is 3.36. The molecular formula is C17H18N2O3. The van der Waals surface area contributed by atoms with E-state index in [0.717, 1.165) is 29.0 Å². The lowest BCUT2D eigenvalue weighted by Crippen LogP contribution is -1.99. The zero-order chi connectivity index (χ0) is 15.4. The van der Waals surface area contributed by atoms with Crippen molar-refractivity contribution < 1.29 is 13.9 Å². The molecular weight excluding hydrogens is 280 g/mol. The Morgan fingerprint density at radius 2 is 1.86 bits per heavy atom. The summed E-state index contributed by atoms with van der Waals surface area (Å²) in [6.07, 6.45) is 1.53. The molecule has 3 rings (SSSR count). The molecule has 0 bridgehead atoms. The normalized spacial score (nSPS) is 10.8. The van der Waals surface area contributed by atoms with Crippen molar-refractivity contribution in [2.45, 2.75) is 12.8 Å². The highest BCUT2D eigenvalue weighted by Crippen LogP contribution is 2.22. The molecule has 0 aliphatic rings. The summed E-state index contributed by atoms with van der Waals surface area (Å²) in [7, 11) is 1.64. The maximum atomic E-state index is 5.87. The van der Waals surface area contributed by atoms with Gasteiger partial charge in [-0.3, -0.25) is 0 Å². The van der Waals surface area contributed by atoms with Gasteiger partial charge in [0.25, 0.3) is 0 Å². The van der Waals surface area contributed by atoms with Crippen molar-refractivity contribution in [1.82, 2.24) is 4.98 Å². The van der Waals surface area contributed by atoms with Gasteiger partial charge in [0.05, 0.1) is 19.4 Å². The Hall–Kier alpha value is -2.69. The lowest BCUT2D eigenvalue weighted by Gasteiger charge is -2.06. The molecule has 0 aliphatic carbocycles. The first kappa shape index (κ1) is 14.3. The number of nitrogen functional groups attached to an aromatic ring is 1. The van der Waals surface area contributed by atoms with Crippen molar-refractivity contribution in [3.8, 4) is 11.5 Å². The Kier molecular flexibility index (Phi) is 4.14. The molecule has 22 heavy (non-hydrogen) atoms. The number of hydrogen-bond acceptors (Lipinski definition) is 5. The maximum absolute atomic E-state index is 5.87. The number of anilines is 1. The van der Waals surface area contributed by atoms with Crippen LogP contribution in [0, 0.1) is 0 Å². The van der Waals surface area contributed by atoms with Gasteiger partial charge < -0.3 is 19.6 Å². The topological polar surface area (TPSA) is 70.5 Å². The molecule has 0 spiro atoms. The van der Waals surface area contributed by atoms with E-state index in [0.29, 0.717) is 24.6 Å². The van der Waals surface area contributed by atoms with Crippen molar-refractivity contribution >= 4 is 16.8 Å². The number of fused-ring (bicyclic) bond motifs is 1. The van der Waals surface area contributed by atoms with E-state index >= 15 is 0 Å². The molecule has 0 aliphatic heterocycles.